The van der Waals surface area contributed by atoms with Crippen LogP contribution < -0.4 is 0 Å². The molecule has 45 heavy (non-hydrogen) atoms. The van der Waals surface area contributed by atoms with E-state index < -0.39 is 64.1 Å². The predicted molar refractivity (Wildman–Crippen MR) is 154 cm³/mol. The fourth-order valence-corrected chi connectivity index (χ4v) is 9.35. The van der Waals surface area contributed by atoms with Gasteiger partial charge in [-0.1, -0.05) is 50.6 Å². The van der Waals surface area contributed by atoms with Crippen LogP contribution in [-0.2, 0) is 20.8 Å². The second kappa shape index (κ2) is 10.6. The highest BCUT2D eigenvalue weighted by Crippen LogP contribution is 2.71. The zero-order chi connectivity index (χ0) is 32.8. The van der Waals surface area contributed by atoms with Crippen molar-refractivity contribution in [3.8, 4) is 0 Å². The third kappa shape index (κ3) is 5.14. The Morgan fingerprint density at radius 3 is 2.24 bits per heavy atom. The number of carbonyl (C=O) groups excluding carboxylic acids is 1. The van der Waals surface area contributed by atoms with E-state index >= 15 is 8.78 Å². The third-order valence-electron chi connectivity index (χ3n) is 11.6. The Labute approximate surface area is 264 Å². The van der Waals surface area contributed by atoms with E-state index in [4.69, 9.17) is 25.8 Å². The second-order valence-electron chi connectivity index (χ2n) is 15.0. The molecule has 6 atom stereocenters. The lowest BCUT2D eigenvalue weighted by molar-refractivity contribution is -0.362. The van der Waals surface area contributed by atoms with Gasteiger partial charge in [-0.2, -0.15) is 22.0 Å². The molecule has 6 rings (SSSR count). The van der Waals surface area contributed by atoms with Crippen molar-refractivity contribution in [1.29, 1.82) is 0 Å². The zero-order valence-electron chi connectivity index (χ0n) is 25.6. The summed E-state index contributed by atoms with van der Waals surface area (Å²) in [6.07, 6.45) is -4.99. The monoisotopic (exact) mass is 662 g/mol. The molecule has 0 bridgehead atoms. The number of hydrogen-bond donors (Lipinski definition) is 2. The lowest BCUT2D eigenvalue weighted by atomic mass is 9.49. The molecule has 1 heterocycles. The van der Waals surface area contributed by atoms with Crippen molar-refractivity contribution in [2.24, 2.45) is 22.7 Å². The number of carbonyl (C=O) groups is 1. The van der Waals surface area contributed by atoms with Gasteiger partial charge in [0.25, 0.3) is 0 Å². The molecular weight excluding hydrogens is 623 g/mol. The lowest BCUT2D eigenvalue weighted by Crippen LogP contribution is -2.65. The van der Waals surface area contributed by atoms with Crippen molar-refractivity contribution in [1.82, 2.24) is 0 Å². The van der Waals surface area contributed by atoms with Crippen molar-refractivity contribution in [2.75, 3.05) is 13.2 Å². The van der Waals surface area contributed by atoms with Crippen LogP contribution in [0, 0.1) is 22.7 Å². The average molecular weight is 663 g/mol. The molecule has 1 aromatic carbocycles. The third-order valence-corrected chi connectivity index (χ3v) is 11.7. The summed E-state index contributed by atoms with van der Waals surface area (Å²) in [5.41, 5.74) is -4.59. The molecule has 5 aliphatic rings. The summed E-state index contributed by atoms with van der Waals surface area (Å²) in [5.74, 6) is -7.95. The topological polar surface area (TPSA) is 85.2 Å². The van der Waals surface area contributed by atoms with Gasteiger partial charge in [0.1, 0.15) is 12.2 Å². The van der Waals surface area contributed by atoms with Crippen LogP contribution in [-0.4, -0.2) is 57.9 Å². The van der Waals surface area contributed by atoms with Crippen LogP contribution in [0.1, 0.15) is 89.2 Å². The molecule has 0 amide bonds. The van der Waals surface area contributed by atoms with Crippen LogP contribution in [0.2, 0.25) is 0 Å². The Kier molecular flexibility index (Phi) is 7.81. The number of halogens is 6. The normalized spacial score (nSPS) is 37.5. The molecule has 1 aromatic rings. The molecular formula is C33H40ClF5O6. The predicted octanol–water partition coefficient (Wildman–Crippen LogP) is 7.79. The molecule has 4 fully saturated rings. The van der Waals surface area contributed by atoms with E-state index in [2.05, 4.69) is 0 Å². The fraction of sp³-hybridized carbons (Fsp3) is 0.727. The van der Waals surface area contributed by atoms with Gasteiger partial charge < -0.3 is 24.4 Å². The number of allylic oxidation sites excluding steroid dienone is 1. The van der Waals surface area contributed by atoms with Gasteiger partial charge in [0.05, 0.1) is 18.8 Å². The summed E-state index contributed by atoms with van der Waals surface area (Å²) in [7, 11) is 0. The zero-order valence-corrected chi connectivity index (χ0v) is 26.4. The average Bonchev–Trinajstić information content (AvgIpc) is 3.24. The minimum absolute atomic E-state index is 0.0131. The molecule has 1 saturated heterocycles. The standard InChI is InChI=1S/C33H40ClF5O6/c1-27(2)17-44-30(45-18-27)12-9-24-25-21(8-11-29(24,41)16-30)23-10-13-31(42,32(35,36)33(37,38)39)28(23,3)14-22(25)20-6-4-19(5-7-20)15-43-26(34)40/h4-7,21-23,41-42H,8-18H2,1-3H3/t21?,22-,23?,28+,29?,31+/m1/s1. The number of benzene rings is 1. The minimum Gasteiger partial charge on any atom is -0.449 e. The van der Waals surface area contributed by atoms with Crippen LogP contribution >= 0.6 is 11.6 Å². The van der Waals surface area contributed by atoms with Crippen molar-refractivity contribution >= 4 is 17.0 Å². The first-order chi connectivity index (χ1) is 20.8. The summed E-state index contributed by atoms with van der Waals surface area (Å²) < 4.78 is 89.5. The molecule has 3 unspecified atom stereocenters. The van der Waals surface area contributed by atoms with Crippen LogP contribution in [0.5, 0.6) is 0 Å². The minimum atomic E-state index is -5.92. The van der Waals surface area contributed by atoms with E-state index in [1.807, 2.05) is 13.8 Å². The van der Waals surface area contributed by atoms with E-state index in [1.54, 1.807) is 24.3 Å². The van der Waals surface area contributed by atoms with Gasteiger partial charge in [0.2, 0.25) is 0 Å². The largest absolute Gasteiger partial charge is 0.456 e. The summed E-state index contributed by atoms with van der Waals surface area (Å²) in [6.45, 7) is 6.30. The quantitative estimate of drug-likeness (QED) is 0.195. The summed E-state index contributed by atoms with van der Waals surface area (Å²) in [4.78, 5) is 11.1. The molecule has 6 nitrogen and oxygen atoms in total. The molecule has 1 spiro atoms. The Morgan fingerprint density at radius 2 is 1.64 bits per heavy atom. The lowest BCUT2D eigenvalue weighted by Gasteiger charge is -2.59. The summed E-state index contributed by atoms with van der Waals surface area (Å²) in [6, 6.07) is 6.84. The van der Waals surface area contributed by atoms with Gasteiger partial charge in [-0.15, -0.1) is 0 Å². The number of ether oxygens (including phenoxy) is 3. The molecule has 250 valence electrons. The first-order valence-corrected chi connectivity index (χ1v) is 16.0. The highest BCUT2D eigenvalue weighted by Gasteiger charge is 2.79. The summed E-state index contributed by atoms with van der Waals surface area (Å²) >= 11 is 5.29. The van der Waals surface area contributed by atoms with Gasteiger partial charge >= 0.3 is 17.5 Å². The van der Waals surface area contributed by atoms with E-state index in [1.165, 1.54) is 6.92 Å². The van der Waals surface area contributed by atoms with Gasteiger partial charge in [-0.25, -0.2) is 4.79 Å². The van der Waals surface area contributed by atoms with Crippen molar-refractivity contribution in [2.45, 2.75) is 114 Å². The first kappa shape index (κ1) is 33.1. The molecule has 12 heteroatoms. The van der Waals surface area contributed by atoms with Crippen molar-refractivity contribution in [3.63, 3.8) is 0 Å². The van der Waals surface area contributed by atoms with Crippen LogP contribution in [0.15, 0.2) is 35.4 Å². The van der Waals surface area contributed by atoms with Crippen LogP contribution in [0.4, 0.5) is 26.7 Å². The first-order valence-electron chi connectivity index (χ1n) is 15.6. The van der Waals surface area contributed by atoms with Crippen LogP contribution in [0.25, 0.3) is 0 Å². The number of hydrogen-bond acceptors (Lipinski definition) is 6. The Bertz CT molecular complexity index is 1370. The number of alkyl halides is 5. The SMILES string of the molecule is CC1(C)COC2(CCC3=C4C(CCC3(O)C2)C2CC[C@@](O)(C(F)(F)C(F)(F)F)[C@@]2(C)C[C@@H]4c2ccc(COC(=O)Cl)cc2)OC1. The van der Waals surface area contributed by atoms with E-state index in [9.17, 15) is 28.2 Å². The highest BCUT2D eigenvalue weighted by atomic mass is 35.5. The van der Waals surface area contributed by atoms with Gasteiger partial charge in [-0.3, -0.25) is 0 Å². The van der Waals surface area contributed by atoms with Gasteiger partial charge in [0.15, 0.2) is 5.79 Å². The van der Waals surface area contributed by atoms with Crippen molar-refractivity contribution in [3.05, 3.63) is 46.5 Å². The summed E-state index contributed by atoms with van der Waals surface area (Å²) in [5, 5.41) is 23.7. The molecule has 2 N–H and O–H groups in total. The van der Waals surface area contributed by atoms with E-state index in [0.717, 1.165) is 11.1 Å². The van der Waals surface area contributed by atoms with Crippen LogP contribution in [0.3, 0.4) is 0 Å². The number of fused-ring (bicyclic) bond motifs is 4. The molecule has 1 aliphatic heterocycles. The molecule has 3 saturated carbocycles. The van der Waals surface area contributed by atoms with E-state index in [0.29, 0.717) is 43.6 Å². The molecule has 0 radical (unpaired) electrons. The number of aliphatic hydroxyl groups is 2. The Balaban J connectivity index is 1.43. The van der Waals surface area contributed by atoms with Gasteiger partial charge in [-0.05, 0) is 67.1 Å². The number of rotatable bonds is 4. The molecule has 4 aliphatic carbocycles. The smallest absolute Gasteiger partial charge is 0.449 e. The maximum Gasteiger partial charge on any atom is 0.456 e. The Morgan fingerprint density at radius 1 is 1.00 bits per heavy atom. The highest BCUT2D eigenvalue weighted by molar-refractivity contribution is 6.61. The Hall–Kier alpha value is -1.79. The fourth-order valence-electron chi connectivity index (χ4n) is 9.29. The maximum atomic E-state index is 15.3. The molecule has 0 aromatic heterocycles. The van der Waals surface area contributed by atoms with Crippen molar-refractivity contribution < 1.29 is 51.2 Å². The maximum absolute atomic E-state index is 15.3. The second-order valence-corrected chi connectivity index (χ2v) is 15.3. The van der Waals surface area contributed by atoms with Gasteiger partial charge in [0, 0.05) is 41.2 Å². The van der Waals surface area contributed by atoms with E-state index in [-0.39, 0.29) is 37.7 Å².